The topological polar surface area (TPSA) is 174 Å². The fraction of sp³-hybridized carbons (Fsp3) is 0.358. The third-order valence-corrected chi connectivity index (χ3v) is 17.0. The highest BCUT2D eigenvalue weighted by Crippen LogP contribution is 2.44. The molecule has 5 N–H and O–H groups in total. The van der Waals surface area contributed by atoms with Crippen molar-refractivity contribution in [3.8, 4) is 23.0 Å². The summed E-state index contributed by atoms with van der Waals surface area (Å²) in [6.07, 6.45) is 3.48. The quantitative estimate of drug-likeness (QED) is 0.0614. The Kier molecular flexibility index (Phi) is 13.9. The second kappa shape index (κ2) is 20.2. The van der Waals surface area contributed by atoms with Crippen LogP contribution in [0.1, 0.15) is 89.4 Å². The molecule has 0 radical (unpaired) electrons. The number of nitrogens with zero attached hydrogens (tertiary/aromatic N) is 2. The van der Waals surface area contributed by atoms with E-state index in [1.165, 1.54) is 0 Å². The molecule has 3 atom stereocenters. The van der Waals surface area contributed by atoms with Crippen molar-refractivity contribution in [3.63, 3.8) is 0 Å². The van der Waals surface area contributed by atoms with Crippen LogP contribution in [0, 0.1) is 0 Å². The fourth-order valence-corrected chi connectivity index (χ4v) is 12.1. The van der Waals surface area contributed by atoms with Crippen molar-refractivity contribution >= 4 is 73.7 Å². The van der Waals surface area contributed by atoms with Gasteiger partial charge < -0.3 is 50.4 Å². The van der Waals surface area contributed by atoms with E-state index in [-0.39, 0.29) is 65.3 Å². The number of nitrogens with two attached hydrogens (primary N) is 1. The molecule has 14 nitrogen and oxygen atoms in total. The molecule has 4 amide bonds. The molecule has 5 aromatic carbocycles. The molecule has 9 rings (SSSR count). The monoisotopic (exact) mass is 970 g/mol. The number of carbonyl (C=O) groups excluding carboxylic acids is 4. The zero-order chi connectivity index (χ0) is 48.4. The number of para-hydroxylation sites is 2. The van der Waals surface area contributed by atoms with Gasteiger partial charge in [-0.05, 0) is 104 Å². The van der Waals surface area contributed by atoms with E-state index in [9.17, 15) is 19.2 Å². The number of benzene rings is 5. The maximum Gasteiger partial charge on any atom is 0.260 e. The lowest BCUT2D eigenvalue weighted by Crippen LogP contribution is -2.39. The second-order valence-electron chi connectivity index (χ2n) is 18.6. The molecular weight excluding hydrogens is 913 g/mol. The van der Waals surface area contributed by atoms with Gasteiger partial charge in [0, 0.05) is 65.1 Å². The molecule has 0 saturated heterocycles. The number of anilines is 5. The number of ether oxygens (including phenoxy) is 4. The minimum atomic E-state index is -0.305. The van der Waals surface area contributed by atoms with Gasteiger partial charge in [0.25, 0.3) is 11.8 Å². The predicted octanol–water partition coefficient (Wildman–Crippen LogP) is 9.39. The third kappa shape index (κ3) is 10.4. The van der Waals surface area contributed by atoms with Gasteiger partial charge in [0.05, 0.1) is 48.8 Å². The van der Waals surface area contributed by atoms with Gasteiger partial charge in [-0.3, -0.25) is 19.2 Å². The molecule has 1 unspecified atom stereocenters. The number of carbonyl (C=O) groups is 4. The smallest absolute Gasteiger partial charge is 0.260 e. The molecule has 0 spiro atoms. The fourth-order valence-electron chi connectivity index (χ4n) is 9.43. The highest BCUT2D eigenvalue weighted by molar-refractivity contribution is 8.77. The van der Waals surface area contributed by atoms with Crippen LogP contribution >= 0.6 is 21.6 Å². The molecule has 360 valence electrons. The van der Waals surface area contributed by atoms with Crippen molar-refractivity contribution < 1.29 is 38.1 Å². The van der Waals surface area contributed by atoms with Gasteiger partial charge in [-0.2, -0.15) is 0 Å². The van der Waals surface area contributed by atoms with Crippen LogP contribution in [0.15, 0.2) is 91.0 Å². The van der Waals surface area contributed by atoms with Gasteiger partial charge in [0.1, 0.15) is 13.2 Å². The molecule has 69 heavy (non-hydrogen) atoms. The summed E-state index contributed by atoms with van der Waals surface area (Å²) < 4.78 is 24.4. The maximum absolute atomic E-state index is 14.1. The summed E-state index contributed by atoms with van der Waals surface area (Å²) in [5, 5.41) is 10.4. The van der Waals surface area contributed by atoms with Crippen LogP contribution in [-0.4, -0.2) is 73.0 Å². The van der Waals surface area contributed by atoms with Crippen molar-refractivity contribution in [1.82, 2.24) is 0 Å². The standard InChI is InChI=1S/C53H58N6O8S2/c1-31(14-15-49(54)60)68-69-53(2,3)17-16-50(61)57-36-19-32(29-66-47-25-41-39(23-45(47)64-4)51(62)58-37(27-55-41)21-34-10-6-8-12-43(34)58)18-33(20-36)30-67-48-26-42-40(24-46(48)65-5)52(63)59-38(28-56-42)22-35-11-7-9-13-44(35)59/h6-13,18-20,23-26,31,37-38,55-56H,14-17,21-22,27-30H2,1-5H3,(H2,54,60)(H,57,61)/t31?,37-,38-/m0/s1. The van der Waals surface area contributed by atoms with E-state index in [1.807, 2.05) is 76.5 Å². The molecule has 0 aromatic heterocycles. The summed E-state index contributed by atoms with van der Waals surface area (Å²) in [4.78, 5) is 56.9. The number of hydrogen-bond donors (Lipinski definition) is 4. The lowest BCUT2D eigenvalue weighted by atomic mass is 10.1. The van der Waals surface area contributed by atoms with Gasteiger partial charge in [-0.15, -0.1) is 0 Å². The maximum atomic E-state index is 14.1. The largest absolute Gasteiger partial charge is 0.493 e. The van der Waals surface area contributed by atoms with Crippen molar-refractivity contribution in [3.05, 3.63) is 124 Å². The van der Waals surface area contributed by atoms with E-state index in [4.69, 9.17) is 24.7 Å². The summed E-state index contributed by atoms with van der Waals surface area (Å²) in [6.45, 7) is 7.65. The van der Waals surface area contributed by atoms with Crippen LogP contribution in [-0.2, 0) is 35.6 Å². The minimum Gasteiger partial charge on any atom is -0.493 e. The first-order chi connectivity index (χ1) is 33.3. The summed E-state index contributed by atoms with van der Waals surface area (Å²) in [5.41, 5.74) is 13.9. The van der Waals surface area contributed by atoms with Crippen LogP contribution in [0.2, 0.25) is 0 Å². The van der Waals surface area contributed by atoms with Gasteiger partial charge in [-0.1, -0.05) is 64.9 Å². The first-order valence-electron chi connectivity index (χ1n) is 23.3. The number of rotatable bonds is 18. The predicted molar refractivity (Wildman–Crippen MR) is 275 cm³/mol. The molecule has 0 saturated carbocycles. The zero-order valence-electron chi connectivity index (χ0n) is 39.5. The number of amides is 4. The lowest BCUT2D eigenvalue weighted by molar-refractivity contribution is -0.118. The number of fused-ring (bicyclic) bond motifs is 8. The molecule has 4 aliphatic heterocycles. The van der Waals surface area contributed by atoms with E-state index in [2.05, 4.69) is 48.9 Å². The van der Waals surface area contributed by atoms with Gasteiger partial charge in [-0.25, -0.2) is 0 Å². The Hall–Kier alpha value is -6.52. The van der Waals surface area contributed by atoms with Crippen LogP contribution < -0.4 is 50.4 Å². The minimum absolute atomic E-state index is 0.0245. The van der Waals surface area contributed by atoms with Crippen LogP contribution in [0.5, 0.6) is 23.0 Å². The van der Waals surface area contributed by atoms with Gasteiger partial charge >= 0.3 is 0 Å². The summed E-state index contributed by atoms with van der Waals surface area (Å²) in [6, 6.07) is 28.8. The number of hydrogen-bond acceptors (Lipinski definition) is 12. The van der Waals surface area contributed by atoms with Crippen molar-refractivity contribution in [2.45, 2.75) is 94.6 Å². The third-order valence-electron chi connectivity index (χ3n) is 13.0. The first kappa shape index (κ1) is 47.5. The summed E-state index contributed by atoms with van der Waals surface area (Å²) >= 11 is 0. The summed E-state index contributed by atoms with van der Waals surface area (Å²) in [7, 11) is 6.52. The Morgan fingerprint density at radius 2 is 1.25 bits per heavy atom. The van der Waals surface area contributed by atoms with E-state index in [0.717, 1.165) is 46.5 Å². The average molecular weight is 971 g/mol. The van der Waals surface area contributed by atoms with E-state index >= 15 is 0 Å². The molecule has 0 aliphatic carbocycles. The number of nitrogens with one attached hydrogen (secondary N) is 3. The Morgan fingerprint density at radius 1 is 0.739 bits per heavy atom. The molecular formula is C53H58N6O8S2. The highest BCUT2D eigenvalue weighted by atomic mass is 33.1. The molecule has 0 bridgehead atoms. The molecule has 4 heterocycles. The molecule has 5 aromatic rings. The van der Waals surface area contributed by atoms with Gasteiger partial charge in [0.2, 0.25) is 11.8 Å². The normalized spacial score (nSPS) is 17.1. The average Bonchev–Trinajstić information content (AvgIpc) is 3.84. The van der Waals surface area contributed by atoms with E-state index in [0.29, 0.717) is 83.5 Å². The Morgan fingerprint density at radius 3 is 1.74 bits per heavy atom. The van der Waals surface area contributed by atoms with E-state index in [1.54, 1.807) is 47.9 Å². The van der Waals surface area contributed by atoms with Crippen molar-refractivity contribution in [2.24, 2.45) is 5.73 Å². The zero-order valence-corrected chi connectivity index (χ0v) is 41.2. The summed E-state index contributed by atoms with van der Waals surface area (Å²) in [5.74, 6) is 1.09. The number of methoxy groups -OCH3 is 2. The first-order valence-corrected chi connectivity index (χ1v) is 25.5. The Bertz CT molecular complexity index is 2650. The molecule has 4 aliphatic rings. The number of primary amides is 1. The Balaban J connectivity index is 0.940. The van der Waals surface area contributed by atoms with Gasteiger partial charge in [0.15, 0.2) is 23.0 Å². The van der Waals surface area contributed by atoms with Crippen molar-refractivity contribution in [2.75, 3.05) is 53.1 Å². The second-order valence-corrected chi connectivity index (χ2v) is 21.9. The van der Waals surface area contributed by atoms with Crippen LogP contribution in [0.4, 0.5) is 28.4 Å². The van der Waals surface area contributed by atoms with E-state index < -0.39 is 0 Å². The lowest BCUT2D eigenvalue weighted by Gasteiger charge is -2.24. The van der Waals surface area contributed by atoms with Crippen molar-refractivity contribution in [1.29, 1.82) is 0 Å². The molecule has 0 fully saturated rings. The Labute approximate surface area is 410 Å². The SMILES string of the molecule is COc1cc2c(cc1OCc1cc(COc3cc4c(cc3OC)C(=O)N3c5ccccc5C[C@H]3CN4)cc(NC(=O)CCC(C)(C)SSC(C)CCC(N)=O)c1)NC[C@@H]1Cc3ccccc3N1C2=O. The van der Waals surface area contributed by atoms with Crippen LogP contribution in [0.3, 0.4) is 0 Å². The van der Waals surface area contributed by atoms with Crippen LogP contribution in [0.25, 0.3) is 0 Å². The molecule has 16 heteroatoms. The highest BCUT2D eigenvalue weighted by Gasteiger charge is 2.39.